The molecule has 0 unspecified atom stereocenters. The SMILES string of the molecule is COC(=O)Cc1c(C(=O)OC)sc(NC(=O)CSCC(C)C)c1C(=O)OC. The molecule has 27 heavy (non-hydrogen) atoms. The number of hydrogen-bond acceptors (Lipinski definition) is 9. The molecule has 1 amide bonds. The average Bonchev–Trinajstić information content (AvgIpc) is 2.97. The summed E-state index contributed by atoms with van der Waals surface area (Å²) in [5.41, 5.74) is 0.0613. The molecule has 0 aliphatic rings. The van der Waals surface area contributed by atoms with E-state index in [0.29, 0.717) is 5.92 Å². The molecule has 0 spiro atoms. The summed E-state index contributed by atoms with van der Waals surface area (Å²) in [4.78, 5) is 48.3. The number of nitrogens with one attached hydrogen (secondary N) is 1. The summed E-state index contributed by atoms with van der Waals surface area (Å²) < 4.78 is 14.1. The van der Waals surface area contributed by atoms with Crippen LogP contribution in [0.3, 0.4) is 0 Å². The zero-order chi connectivity index (χ0) is 20.6. The number of thioether (sulfide) groups is 1. The maximum absolute atomic E-state index is 12.3. The van der Waals surface area contributed by atoms with Crippen LogP contribution >= 0.6 is 23.1 Å². The first-order chi connectivity index (χ1) is 12.7. The smallest absolute Gasteiger partial charge is 0.348 e. The van der Waals surface area contributed by atoms with Gasteiger partial charge in [0.05, 0.1) is 39.1 Å². The number of methoxy groups -OCH3 is 3. The van der Waals surface area contributed by atoms with Crippen LogP contribution in [0.25, 0.3) is 0 Å². The van der Waals surface area contributed by atoms with Gasteiger partial charge in [0.15, 0.2) is 0 Å². The van der Waals surface area contributed by atoms with Crippen LogP contribution in [-0.4, -0.2) is 56.7 Å². The largest absolute Gasteiger partial charge is 0.469 e. The van der Waals surface area contributed by atoms with Crippen molar-refractivity contribution in [3.05, 3.63) is 16.0 Å². The molecule has 0 aromatic carbocycles. The number of carbonyl (C=O) groups excluding carboxylic acids is 4. The third-order valence-electron chi connectivity index (χ3n) is 3.25. The number of rotatable bonds is 9. The predicted octanol–water partition coefficient (Wildman–Crippen LogP) is 2.36. The van der Waals surface area contributed by atoms with Crippen molar-refractivity contribution in [2.45, 2.75) is 20.3 Å². The van der Waals surface area contributed by atoms with Crippen LogP contribution in [0.1, 0.15) is 39.4 Å². The van der Waals surface area contributed by atoms with E-state index >= 15 is 0 Å². The summed E-state index contributed by atoms with van der Waals surface area (Å²) in [5, 5.41) is 2.76. The highest BCUT2D eigenvalue weighted by molar-refractivity contribution is 7.99. The maximum Gasteiger partial charge on any atom is 0.348 e. The van der Waals surface area contributed by atoms with Crippen LogP contribution in [0.2, 0.25) is 0 Å². The number of ether oxygens (including phenoxy) is 3. The van der Waals surface area contributed by atoms with Gasteiger partial charge in [-0.1, -0.05) is 13.8 Å². The van der Waals surface area contributed by atoms with Crippen LogP contribution in [-0.2, 0) is 30.2 Å². The lowest BCUT2D eigenvalue weighted by atomic mass is 10.1. The molecule has 0 atom stereocenters. The van der Waals surface area contributed by atoms with Crippen molar-refractivity contribution in [1.29, 1.82) is 0 Å². The zero-order valence-electron chi connectivity index (χ0n) is 15.9. The molecule has 0 saturated heterocycles. The van der Waals surface area contributed by atoms with E-state index in [1.165, 1.54) is 33.1 Å². The minimum absolute atomic E-state index is 0.0356. The van der Waals surface area contributed by atoms with Gasteiger partial charge in [-0.2, -0.15) is 11.8 Å². The third kappa shape index (κ3) is 6.55. The fourth-order valence-electron chi connectivity index (χ4n) is 2.06. The van der Waals surface area contributed by atoms with Crippen LogP contribution in [0.4, 0.5) is 5.00 Å². The highest BCUT2D eigenvalue weighted by Crippen LogP contribution is 2.35. The molecule has 10 heteroatoms. The lowest BCUT2D eigenvalue weighted by molar-refractivity contribution is -0.139. The summed E-state index contributed by atoms with van der Waals surface area (Å²) in [6, 6.07) is 0. The monoisotopic (exact) mass is 417 g/mol. The molecule has 1 heterocycles. The number of carbonyl (C=O) groups is 4. The van der Waals surface area contributed by atoms with Crippen molar-refractivity contribution < 1.29 is 33.4 Å². The standard InChI is InChI=1S/C17H23NO7S2/c1-9(2)7-26-8-11(19)18-15-13(16(21)24-4)10(6-12(20)23-3)14(27-15)17(22)25-5/h9H,6-8H2,1-5H3,(H,18,19). The molecule has 0 aliphatic carbocycles. The Labute approximate surface area is 165 Å². The molecule has 8 nitrogen and oxygen atoms in total. The van der Waals surface area contributed by atoms with Crippen LogP contribution < -0.4 is 5.32 Å². The van der Waals surface area contributed by atoms with E-state index < -0.39 is 17.9 Å². The molecule has 1 aromatic heterocycles. The molecule has 0 aliphatic heterocycles. The third-order valence-corrected chi connectivity index (χ3v) is 5.75. The quantitative estimate of drug-likeness (QED) is 0.482. The van der Waals surface area contributed by atoms with Crippen molar-refractivity contribution in [2.24, 2.45) is 5.92 Å². The molecule has 0 fully saturated rings. The molecule has 1 aromatic rings. The minimum atomic E-state index is -0.773. The fourth-order valence-corrected chi connectivity index (χ4v) is 4.05. The van der Waals surface area contributed by atoms with Gasteiger partial charge in [-0.25, -0.2) is 9.59 Å². The number of hydrogen-bond donors (Lipinski definition) is 1. The summed E-state index contributed by atoms with van der Waals surface area (Å²) in [7, 11) is 3.55. The van der Waals surface area contributed by atoms with Crippen LogP contribution in [0.5, 0.6) is 0 Å². The fraction of sp³-hybridized carbons (Fsp3) is 0.529. The summed E-state index contributed by atoms with van der Waals surface area (Å²) in [5.74, 6) is -1.03. The van der Waals surface area contributed by atoms with Crippen molar-refractivity contribution in [3.63, 3.8) is 0 Å². The Kier molecular flexibility index (Phi) is 9.30. The van der Waals surface area contributed by atoms with Gasteiger partial charge >= 0.3 is 17.9 Å². The number of esters is 3. The summed E-state index contributed by atoms with van der Waals surface area (Å²) in [6.07, 6.45) is -0.333. The Bertz CT molecular complexity index is 712. The lowest BCUT2D eigenvalue weighted by Crippen LogP contribution is -2.18. The van der Waals surface area contributed by atoms with E-state index in [4.69, 9.17) is 9.47 Å². The second-order valence-electron chi connectivity index (χ2n) is 5.81. The van der Waals surface area contributed by atoms with Crippen LogP contribution in [0.15, 0.2) is 0 Å². The van der Waals surface area contributed by atoms with Gasteiger partial charge in [-0.05, 0) is 11.7 Å². The van der Waals surface area contributed by atoms with Crippen molar-refractivity contribution in [2.75, 3.05) is 38.2 Å². The normalized spacial score (nSPS) is 10.4. The lowest BCUT2D eigenvalue weighted by Gasteiger charge is -2.08. The van der Waals surface area contributed by atoms with E-state index in [0.717, 1.165) is 17.1 Å². The molecular formula is C17H23NO7S2. The van der Waals surface area contributed by atoms with Gasteiger partial charge in [0.1, 0.15) is 9.88 Å². The van der Waals surface area contributed by atoms with E-state index in [1.54, 1.807) is 0 Å². The Hall–Kier alpha value is -2.07. The first-order valence-electron chi connectivity index (χ1n) is 8.01. The maximum atomic E-state index is 12.3. The topological polar surface area (TPSA) is 108 Å². The van der Waals surface area contributed by atoms with Gasteiger partial charge in [-0.3, -0.25) is 9.59 Å². The van der Waals surface area contributed by atoms with Gasteiger partial charge < -0.3 is 19.5 Å². The van der Waals surface area contributed by atoms with Crippen molar-refractivity contribution in [3.8, 4) is 0 Å². The molecule has 0 saturated carbocycles. The van der Waals surface area contributed by atoms with Gasteiger partial charge in [0, 0.05) is 5.56 Å². The van der Waals surface area contributed by atoms with Crippen molar-refractivity contribution in [1.82, 2.24) is 0 Å². The Morgan fingerprint density at radius 3 is 2.19 bits per heavy atom. The summed E-state index contributed by atoms with van der Waals surface area (Å²) >= 11 is 2.31. The molecule has 0 bridgehead atoms. The first kappa shape index (κ1) is 23.0. The molecule has 1 rings (SSSR count). The summed E-state index contributed by atoms with van der Waals surface area (Å²) in [6.45, 7) is 4.09. The zero-order valence-corrected chi connectivity index (χ0v) is 17.5. The van der Waals surface area contributed by atoms with E-state index in [1.807, 2.05) is 13.8 Å². The van der Waals surface area contributed by atoms with E-state index in [9.17, 15) is 19.2 Å². The average molecular weight is 418 g/mol. The van der Waals surface area contributed by atoms with E-state index in [-0.39, 0.29) is 39.1 Å². The highest BCUT2D eigenvalue weighted by atomic mass is 32.2. The highest BCUT2D eigenvalue weighted by Gasteiger charge is 2.30. The minimum Gasteiger partial charge on any atom is -0.469 e. The Morgan fingerprint density at radius 1 is 1.04 bits per heavy atom. The van der Waals surface area contributed by atoms with Crippen molar-refractivity contribution >= 4 is 51.9 Å². The second-order valence-corrected chi connectivity index (χ2v) is 7.86. The van der Waals surface area contributed by atoms with Gasteiger partial charge in [0.2, 0.25) is 5.91 Å². The van der Waals surface area contributed by atoms with Crippen LogP contribution in [0, 0.1) is 5.92 Å². The number of anilines is 1. The van der Waals surface area contributed by atoms with Gasteiger partial charge in [0.25, 0.3) is 0 Å². The second kappa shape index (κ2) is 10.9. The van der Waals surface area contributed by atoms with E-state index in [2.05, 4.69) is 10.1 Å². The number of thiophene rings is 1. The number of amides is 1. The molecule has 0 radical (unpaired) electrons. The molecule has 1 N–H and O–H groups in total. The predicted molar refractivity (Wildman–Crippen MR) is 104 cm³/mol. The molecular weight excluding hydrogens is 394 g/mol. The van der Waals surface area contributed by atoms with Gasteiger partial charge in [-0.15, -0.1) is 11.3 Å². The first-order valence-corrected chi connectivity index (χ1v) is 9.98. The Balaban J connectivity index is 3.24. The molecule has 150 valence electrons. The Morgan fingerprint density at radius 2 is 1.67 bits per heavy atom.